The summed E-state index contributed by atoms with van der Waals surface area (Å²) in [6, 6.07) is 11.6. The van der Waals surface area contributed by atoms with Crippen LogP contribution in [0.3, 0.4) is 0 Å². The molecule has 0 saturated carbocycles. The maximum Gasteiger partial charge on any atom is 0.416 e. The minimum atomic E-state index is -4.39. The van der Waals surface area contributed by atoms with E-state index in [1.54, 1.807) is 36.3 Å². The second-order valence-corrected chi connectivity index (χ2v) is 6.52. The van der Waals surface area contributed by atoms with E-state index in [4.69, 9.17) is 4.74 Å². The molecule has 0 bridgehead atoms. The number of benzene rings is 2. The molecule has 2 amide bonds. The third-order valence-corrected chi connectivity index (χ3v) is 4.63. The van der Waals surface area contributed by atoms with Gasteiger partial charge in [0.05, 0.1) is 18.6 Å². The predicted molar refractivity (Wildman–Crippen MR) is 96.7 cm³/mol. The average Bonchev–Trinajstić information content (AvgIpc) is 3.07. The lowest BCUT2D eigenvalue weighted by Gasteiger charge is -2.17. The first-order valence-electron chi connectivity index (χ1n) is 8.66. The first-order valence-corrected chi connectivity index (χ1v) is 8.66. The van der Waals surface area contributed by atoms with Crippen molar-refractivity contribution < 1.29 is 27.5 Å². The van der Waals surface area contributed by atoms with Gasteiger partial charge in [0, 0.05) is 25.2 Å². The molecule has 1 N–H and O–H groups in total. The number of halogens is 3. The van der Waals surface area contributed by atoms with Crippen LogP contribution in [0, 0.1) is 5.92 Å². The van der Waals surface area contributed by atoms with E-state index in [0.29, 0.717) is 17.0 Å². The molecule has 8 heteroatoms. The van der Waals surface area contributed by atoms with E-state index in [-0.39, 0.29) is 31.3 Å². The van der Waals surface area contributed by atoms with Gasteiger partial charge >= 0.3 is 6.18 Å². The first kappa shape index (κ1) is 19.7. The Kier molecular flexibility index (Phi) is 5.58. The summed E-state index contributed by atoms with van der Waals surface area (Å²) in [5, 5.41) is 2.69. The van der Waals surface area contributed by atoms with E-state index in [2.05, 4.69) is 5.32 Å². The standard InChI is InChI=1S/C20H19F3N2O3/c1-28-17-8-6-16(7-9-17)25-12-14(10-18(25)26)19(27)24-11-13-2-4-15(5-3-13)20(21,22)23/h2-9,14H,10-12H2,1H3,(H,24,27). The average molecular weight is 392 g/mol. The summed E-state index contributed by atoms with van der Waals surface area (Å²) in [6.07, 6.45) is -4.30. The third-order valence-electron chi connectivity index (χ3n) is 4.63. The van der Waals surface area contributed by atoms with E-state index in [0.717, 1.165) is 12.1 Å². The molecule has 1 atom stereocenters. The van der Waals surface area contributed by atoms with Gasteiger partial charge < -0.3 is 15.0 Å². The van der Waals surface area contributed by atoms with Gasteiger partial charge in [-0.25, -0.2) is 0 Å². The highest BCUT2D eigenvalue weighted by Gasteiger charge is 2.35. The largest absolute Gasteiger partial charge is 0.497 e. The minimum absolute atomic E-state index is 0.0882. The summed E-state index contributed by atoms with van der Waals surface area (Å²) in [4.78, 5) is 26.2. The van der Waals surface area contributed by atoms with Crippen LogP contribution in [0.2, 0.25) is 0 Å². The smallest absolute Gasteiger partial charge is 0.416 e. The van der Waals surface area contributed by atoms with Crippen LogP contribution < -0.4 is 15.0 Å². The van der Waals surface area contributed by atoms with Crippen LogP contribution in [-0.2, 0) is 22.3 Å². The monoisotopic (exact) mass is 392 g/mol. The Balaban J connectivity index is 1.57. The molecule has 5 nitrogen and oxygen atoms in total. The molecule has 1 aliphatic heterocycles. The highest BCUT2D eigenvalue weighted by Crippen LogP contribution is 2.29. The van der Waals surface area contributed by atoms with Crippen molar-refractivity contribution in [2.45, 2.75) is 19.1 Å². The summed E-state index contributed by atoms with van der Waals surface area (Å²) in [5.74, 6) is -0.297. The van der Waals surface area contributed by atoms with Crippen molar-refractivity contribution in [3.8, 4) is 5.75 Å². The Morgan fingerprint density at radius 2 is 1.79 bits per heavy atom. The molecule has 1 aliphatic rings. The van der Waals surface area contributed by atoms with Gasteiger partial charge in [-0.1, -0.05) is 12.1 Å². The van der Waals surface area contributed by atoms with Gasteiger partial charge in [0.1, 0.15) is 5.75 Å². The van der Waals surface area contributed by atoms with Crippen molar-refractivity contribution in [1.29, 1.82) is 0 Å². The van der Waals surface area contributed by atoms with Gasteiger partial charge in [-0.2, -0.15) is 13.2 Å². The van der Waals surface area contributed by atoms with Gasteiger partial charge in [0.2, 0.25) is 11.8 Å². The Bertz CT molecular complexity index is 848. The number of methoxy groups -OCH3 is 1. The molecule has 1 unspecified atom stereocenters. The van der Waals surface area contributed by atoms with Crippen LogP contribution in [0.1, 0.15) is 17.5 Å². The second-order valence-electron chi connectivity index (χ2n) is 6.52. The molecule has 148 valence electrons. The van der Waals surface area contributed by atoms with Gasteiger partial charge in [-0.05, 0) is 42.0 Å². The van der Waals surface area contributed by atoms with Crippen LogP contribution in [0.25, 0.3) is 0 Å². The molecule has 2 aromatic rings. The van der Waals surface area contributed by atoms with Gasteiger partial charge in [0.25, 0.3) is 0 Å². The molecule has 3 rings (SSSR count). The fraction of sp³-hybridized carbons (Fsp3) is 0.300. The Labute approximate surface area is 160 Å². The molecule has 1 saturated heterocycles. The van der Waals surface area contributed by atoms with Crippen molar-refractivity contribution in [2.24, 2.45) is 5.92 Å². The number of carbonyl (C=O) groups is 2. The lowest BCUT2D eigenvalue weighted by atomic mass is 10.1. The molecule has 0 radical (unpaired) electrons. The Morgan fingerprint density at radius 1 is 1.14 bits per heavy atom. The SMILES string of the molecule is COc1ccc(N2CC(C(=O)NCc3ccc(C(F)(F)F)cc3)CC2=O)cc1. The van der Waals surface area contributed by atoms with Crippen LogP contribution in [-0.4, -0.2) is 25.5 Å². The molecule has 1 fully saturated rings. The molecule has 28 heavy (non-hydrogen) atoms. The summed E-state index contributed by atoms with van der Waals surface area (Å²) < 4.78 is 42.8. The maximum absolute atomic E-state index is 12.6. The van der Waals surface area contributed by atoms with E-state index in [1.807, 2.05) is 0 Å². The summed E-state index contributed by atoms with van der Waals surface area (Å²) >= 11 is 0. The number of nitrogens with zero attached hydrogens (tertiary/aromatic N) is 1. The molecule has 1 heterocycles. The third kappa shape index (κ3) is 4.44. The number of hydrogen-bond acceptors (Lipinski definition) is 3. The Morgan fingerprint density at radius 3 is 2.36 bits per heavy atom. The number of alkyl halides is 3. The van der Waals surface area contributed by atoms with E-state index < -0.39 is 17.7 Å². The van der Waals surface area contributed by atoms with Crippen molar-refractivity contribution in [2.75, 3.05) is 18.6 Å². The highest BCUT2D eigenvalue weighted by molar-refractivity contribution is 6.00. The van der Waals surface area contributed by atoms with Crippen LogP contribution in [0.5, 0.6) is 5.75 Å². The van der Waals surface area contributed by atoms with Crippen LogP contribution >= 0.6 is 0 Å². The maximum atomic E-state index is 12.6. The fourth-order valence-corrected chi connectivity index (χ4v) is 3.04. The lowest BCUT2D eigenvalue weighted by Crippen LogP contribution is -2.32. The van der Waals surface area contributed by atoms with Crippen molar-refractivity contribution >= 4 is 17.5 Å². The zero-order chi connectivity index (χ0) is 20.3. The fourth-order valence-electron chi connectivity index (χ4n) is 3.04. The number of amides is 2. The van der Waals surface area contributed by atoms with E-state index in [1.165, 1.54) is 12.1 Å². The van der Waals surface area contributed by atoms with E-state index in [9.17, 15) is 22.8 Å². The number of hydrogen-bond donors (Lipinski definition) is 1. The summed E-state index contributed by atoms with van der Waals surface area (Å²) in [7, 11) is 1.55. The second kappa shape index (κ2) is 7.92. The van der Waals surface area contributed by atoms with Crippen molar-refractivity contribution in [3.05, 3.63) is 59.7 Å². The normalized spacial score (nSPS) is 16.9. The molecule has 0 spiro atoms. The van der Waals surface area contributed by atoms with Gasteiger partial charge in [0.15, 0.2) is 0 Å². The number of rotatable bonds is 5. The van der Waals surface area contributed by atoms with E-state index >= 15 is 0 Å². The summed E-state index contributed by atoms with van der Waals surface area (Å²) in [5.41, 5.74) is 0.501. The molecular weight excluding hydrogens is 373 g/mol. The number of anilines is 1. The number of ether oxygens (including phenoxy) is 1. The molecule has 2 aromatic carbocycles. The topological polar surface area (TPSA) is 58.6 Å². The summed E-state index contributed by atoms with van der Waals surface area (Å²) in [6.45, 7) is 0.355. The molecule has 0 aliphatic carbocycles. The zero-order valence-electron chi connectivity index (χ0n) is 15.1. The molecular formula is C20H19F3N2O3. The number of carbonyl (C=O) groups excluding carboxylic acids is 2. The quantitative estimate of drug-likeness (QED) is 0.849. The van der Waals surface area contributed by atoms with Gasteiger partial charge in [-0.15, -0.1) is 0 Å². The highest BCUT2D eigenvalue weighted by atomic mass is 19.4. The first-order chi connectivity index (χ1) is 13.3. The molecule has 0 aromatic heterocycles. The Hall–Kier alpha value is -3.03. The number of nitrogens with one attached hydrogen (secondary N) is 1. The van der Waals surface area contributed by atoms with Gasteiger partial charge in [-0.3, -0.25) is 9.59 Å². The predicted octanol–water partition coefficient (Wildman–Crippen LogP) is 3.38. The van der Waals surface area contributed by atoms with Crippen LogP contribution in [0.4, 0.5) is 18.9 Å². The zero-order valence-corrected chi connectivity index (χ0v) is 15.1. The lowest BCUT2D eigenvalue weighted by molar-refractivity contribution is -0.137. The van der Waals surface area contributed by atoms with Crippen LogP contribution in [0.15, 0.2) is 48.5 Å². The van der Waals surface area contributed by atoms with Crippen molar-refractivity contribution in [3.63, 3.8) is 0 Å². The van der Waals surface area contributed by atoms with Crippen molar-refractivity contribution in [1.82, 2.24) is 5.32 Å². The minimum Gasteiger partial charge on any atom is -0.497 e.